The highest BCUT2D eigenvalue weighted by atomic mass is 32.1. The average Bonchev–Trinajstić information content (AvgIpc) is 3.38. The Bertz CT molecular complexity index is 967. The molecule has 1 saturated heterocycles. The molecule has 1 aliphatic rings. The molecular formula is C19H21F3N4O3S. The first kappa shape index (κ1) is 22.2. The van der Waals surface area contributed by atoms with E-state index in [1.807, 2.05) is 10.6 Å². The molecule has 0 saturated carbocycles. The number of rotatable bonds is 4. The molecule has 0 radical (unpaired) electrons. The van der Waals surface area contributed by atoms with Gasteiger partial charge >= 0.3 is 12.1 Å². The van der Waals surface area contributed by atoms with Crippen LogP contribution in [0.3, 0.4) is 0 Å². The van der Waals surface area contributed by atoms with Crippen molar-refractivity contribution in [2.75, 3.05) is 26.2 Å². The molecular weight excluding hydrogens is 421 g/mol. The molecule has 0 bridgehead atoms. The number of alkyl halides is 3. The molecule has 0 amide bonds. The van der Waals surface area contributed by atoms with E-state index in [1.165, 1.54) is 11.1 Å². The Balaban J connectivity index is 0.000000318. The number of nitrogens with zero attached hydrogens (tertiary/aromatic N) is 4. The fraction of sp³-hybridized carbons (Fsp3) is 0.421. The maximum atomic E-state index is 10.6. The molecule has 4 rings (SSSR count). The number of aliphatic hydroxyl groups excluding tert-OH is 1. The number of hydrogen-bond donors (Lipinski definition) is 2. The van der Waals surface area contributed by atoms with Gasteiger partial charge in [-0.05, 0) is 60.5 Å². The number of carboxylic acid groups (broad SMARTS) is 1. The van der Waals surface area contributed by atoms with Gasteiger partial charge < -0.3 is 15.1 Å². The second-order valence-corrected chi connectivity index (χ2v) is 7.63. The van der Waals surface area contributed by atoms with Gasteiger partial charge in [0, 0.05) is 24.2 Å². The number of pyridine rings is 1. The normalized spacial score (nSPS) is 15.7. The topological polar surface area (TPSA) is 91.0 Å². The van der Waals surface area contributed by atoms with Crippen molar-refractivity contribution in [3.8, 4) is 11.1 Å². The maximum absolute atomic E-state index is 10.6. The minimum Gasteiger partial charge on any atom is -0.475 e. The van der Waals surface area contributed by atoms with Crippen molar-refractivity contribution in [2.45, 2.75) is 24.9 Å². The Hall–Kier alpha value is -2.50. The zero-order valence-corrected chi connectivity index (χ0v) is 16.7. The van der Waals surface area contributed by atoms with Crippen molar-refractivity contribution in [2.24, 2.45) is 0 Å². The molecule has 1 aliphatic heterocycles. The molecule has 0 atom stereocenters. The number of aromatic nitrogens is 3. The van der Waals surface area contributed by atoms with E-state index in [1.54, 1.807) is 11.3 Å². The van der Waals surface area contributed by atoms with Gasteiger partial charge in [-0.25, -0.2) is 14.3 Å². The van der Waals surface area contributed by atoms with Gasteiger partial charge in [-0.15, -0.1) is 0 Å². The van der Waals surface area contributed by atoms with E-state index < -0.39 is 12.1 Å². The quantitative estimate of drug-likeness (QED) is 0.645. The second-order valence-electron chi connectivity index (χ2n) is 6.85. The largest absolute Gasteiger partial charge is 0.490 e. The van der Waals surface area contributed by atoms with E-state index in [9.17, 15) is 13.2 Å². The molecule has 0 aromatic carbocycles. The number of carboxylic acids is 1. The standard InChI is InChI=1S/C17H20N4OS.C2HF3O2/c22-9-8-20-6-3-13(4-7-20)17-18-16-2-1-14(11-21(16)19-17)15-5-10-23-12-15;3-2(4,5)1(6)7/h1-2,5,10-13,22H,3-4,6-9H2;(H,6,7). The van der Waals surface area contributed by atoms with Crippen LogP contribution in [0.15, 0.2) is 35.2 Å². The summed E-state index contributed by atoms with van der Waals surface area (Å²) in [5, 5.41) is 25.1. The van der Waals surface area contributed by atoms with Crippen molar-refractivity contribution in [1.29, 1.82) is 0 Å². The van der Waals surface area contributed by atoms with Crippen LogP contribution in [0, 0.1) is 0 Å². The Morgan fingerprint density at radius 3 is 2.47 bits per heavy atom. The summed E-state index contributed by atoms with van der Waals surface area (Å²) in [6.45, 7) is 3.04. The Kier molecular flexibility index (Phi) is 7.06. The van der Waals surface area contributed by atoms with Gasteiger partial charge in [0.15, 0.2) is 11.5 Å². The molecule has 4 heterocycles. The number of fused-ring (bicyclic) bond motifs is 1. The van der Waals surface area contributed by atoms with E-state index >= 15 is 0 Å². The smallest absolute Gasteiger partial charge is 0.475 e. The Labute approximate surface area is 174 Å². The summed E-state index contributed by atoms with van der Waals surface area (Å²) in [5.41, 5.74) is 3.32. The van der Waals surface area contributed by atoms with E-state index in [2.05, 4.69) is 34.0 Å². The molecule has 3 aromatic heterocycles. The molecule has 2 N–H and O–H groups in total. The first-order chi connectivity index (χ1) is 14.3. The van der Waals surface area contributed by atoms with Gasteiger partial charge in [0.1, 0.15) is 0 Å². The van der Waals surface area contributed by atoms with Crippen LogP contribution >= 0.6 is 11.3 Å². The lowest BCUT2D eigenvalue weighted by Crippen LogP contribution is -2.35. The van der Waals surface area contributed by atoms with Crippen molar-refractivity contribution < 1.29 is 28.2 Å². The highest BCUT2D eigenvalue weighted by Gasteiger charge is 2.38. The van der Waals surface area contributed by atoms with Gasteiger partial charge in [0.05, 0.1) is 6.61 Å². The van der Waals surface area contributed by atoms with Crippen LogP contribution in [0.25, 0.3) is 16.8 Å². The van der Waals surface area contributed by atoms with E-state index in [-0.39, 0.29) is 6.61 Å². The van der Waals surface area contributed by atoms with Crippen molar-refractivity contribution in [1.82, 2.24) is 19.5 Å². The number of likely N-dealkylation sites (tertiary alicyclic amines) is 1. The third-order valence-corrected chi connectivity index (χ3v) is 5.50. The Morgan fingerprint density at radius 2 is 1.90 bits per heavy atom. The first-order valence-corrected chi connectivity index (χ1v) is 10.2. The number of thiophene rings is 1. The van der Waals surface area contributed by atoms with Crippen LogP contribution in [0.4, 0.5) is 13.2 Å². The lowest BCUT2D eigenvalue weighted by atomic mass is 9.96. The number of piperidine rings is 1. The molecule has 162 valence electrons. The summed E-state index contributed by atoms with van der Waals surface area (Å²) < 4.78 is 33.6. The second kappa shape index (κ2) is 9.54. The lowest BCUT2D eigenvalue weighted by molar-refractivity contribution is -0.192. The average molecular weight is 442 g/mol. The van der Waals surface area contributed by atoms with Gasteiger partial charge in [0.2, 0.25) is 0 Å². The van der Waals surface area contributed by atoms with E-state index in [4.69, 9.17) is 25.1 Å². The summed E-state index contributed by atoms with van der Waals surface area (Å²) in [6.07, 6.45) is -0.892. The predicted molar refractivity (Wildman–Crippen MR) is 105 cm³/mol. The molecule has 0 spiro atoms. The number of hydrogen-bond acceptors (Lipinski definition) is 6. The van der Waals surface area contributed by atoms with Gasteiger partial charge in [-0.2, -0.15) is 29.6 Å². The van der Waals surface area contributed by atoms with Gasteiger partial charge in [-0.3, -0.25) is 0 Å². The summed E-state index contributed by atoms with van der Waals surface area (Å²) in [5.74, 6) is -1.38. The number of β-amino-alcohol motifs (C(OH)–C–C–N with tert-alkyl or cyclic N) is 1. The van der Waals surface area contributed by atoms with Crippen LogP contribution in [0.2, 0.25) is 0 Å². The minimum atomic E-state index is -5.08. The van der Waals surface area contributed by atoms with E-state index in [0.717, 1.165) is 43.9 Å². The van der Waals surface area contributed by atoms with Crippen molar-refractivity contribution in [3.63, 3.8) is 0 Å². The lowest BCUT2D eigenvalue weighted by Gasteiger charge is -2.29. The van der Waals surface area contributed by atoms with E-state index in [0.29, 0.717) is 5.92 Å². The van der Waals surface area contributed by atoms with Crippen LogP contribution in [-0.4, -0.2) is 68.1 Å². The van der Waals surface area contributed by atoms with Crippen LogP contribution in [0.5, 0.6) is 0 Å². The van der Waals surface area contributed by atoms with Crippen molar-refractivity contribution in [3.05, 3.63) is 41.0 Å². The number of halogens is 3. The van der Waals surface area contributed by atoms with Crippen LogP contribution < -0.4 is 0 Å². The predicted octanol–water partition coefficient (Wildman–Crippen LogP) is 3.26. The molecule has 0 aliphatic carbocycles. The highest BCUT2D eigenvalue weighted by molar-refractivity contribution is 7.08. The number of carbonyl (C=O) groups is 1. The zero-order chi connectivity index (χ0) is 21.7. The fourth-order valence-corrected chi connectivity index (χ4v) is 3.89. The highest BCUT2D eigenvalue weighted by Crippen LogP contribution is 2.27. The molecule has 0 unspecified atom stereocenters. The maximum Gasteiger partial charge on any atom is 0.490 e. The van der Waals surface area contributed by atoms with Crippen LogP contribution in [-0.2, 0) is 4.79 Å². The SMILES string of the molecule is O=C(O)C(F)(F)F.OCCN1CCC(c2nc3ccc(-c4ccsc4)cn3n2)CC1. The molecule has 7 nitrogen and oxygen atoms in total. The third-order valence-electron chi connectivity index (χ3n) is 4.81. The van der Waals surface area contributed by atoms with Crippen LogP contribution in [0.1, 0.15) is 24.6 Å². The fourth-order valence-electron chi connectivity index (χ4n) is 3.23. The molecule has 3 aromatic rings. The first-order valence-electron chi connectivity index (χ1n) is 9.30. The Morgan fingerprint density at radius 1 is 1.20 bits per heavy atom. The number of aliphatic carboxylic acids is 1. The third kappa shape index (κ3) is 5.55. The summed E-state index contributed by atoms with van der Waals surface area (Å²) >= 11 is 1.70. The minimum absolute atomic E-state index is 0.239. The monoisotopic (exact) mass is 442 g/mol. The molecule has 11 heteroatoms. The summed E-state index contributed by atoms with van der Waals surface area (Å²) in [4.78, 5) is 15.9. The molecule has 30 heavy (non-hydrogen) atoms. The van der Waals surface area contributed by atoms with Gasteiger partial charge in [0.25, 0.3) is 0 Å². The number of aliphatic hydroxyl groups is 1. The van der Waals surface area contributed by atoms with Crippen molar-refractivity contribution >= 4 is 23.0 Å². The summed E-state index contributed by atoms with van der Waals surface area (Å²) in [7, 11) is 0. The van der Waals surface area contributed by atoms with Gasteiger partial charge in [-0.1, -0.05) is 0 Å². The zero-order valence-electron chi connectivity index (χ0n) is 15.9. The molecule has 1 fully saturated rings. The summed E-state index contributed by atoms with van der Waals surface area (Å²) in [6, 6.07) is 6.28.